The fourth-order valence-corrected chi connectivity index (χ4v) is 6.72. The fourth-order valence-electron chi connectivity index (χ4n) is 5.54. The minimum absolute atomic E-state index is 0.119. The zero-order valence-corrected chi connectivity index (χ0v) is 21.0. The molecule has 3 aliphatic heterocycles. The van der Waals surface area contributed by atoms with Crippen molar-refractivity contribution in [3.05, 3.63) is 44.7 Å². The highest BCUT2D eigenvalue weighted by Crippen LogP contribution is 2.49. The van der Waals surface area contributed by atoms with E-state index < -0.39 is 11.6 Å². The molecule has 0 bridgehead atoms. The Morgan fingerprint density at radius 3 is 2.80 bits per heavy atom. The molecule has 0 spiro atoms. The van der Waals surface area contributed by atoms with Crippen molar-refractivity contribution in [3.63, 3.8) is 0 Å². The van der Waals surface area contributed by atoms with E-state index in [1.807, 2.05) is 6.07 Å². The van der Waals surface area contributed by atoms with Gasteiger partial charge in [0, 0.05) is 39.3 Å². The average molecular weight is 494 g/mol. The van der Waals surface area contributed by atoms with Crippen LogP contribution in [0.25, 0.3) is 22.3 Å². The average Bonchev–Trinajstić information content (AvgIpc) is 3.22. The maximum Gasteiger partial charge on any atom is 0.343 e. The molecular formula is C26H27N3O5S. The highest BCUT2D eigenvalue weighted by Gasteiger charge is 2.45. The van der Waals surface area contributed by atoms with Gasteiger partial charge in [-0.3, -0.25) is 4.79 Å². The van der Waals surface area contributed by atoms with Gasteiger partial charge in [0.25, 0.3) is 5.56 Å². The molecule has 0 radical (unpaired) electrons. The molecule has 0 unspecified atom stereocenters. The first-order valence-corrected chi connectivity index (χ1v) is 12.9. The van der Waals surface area contributed by atoms with Gasteiger partial charge in [-0.15, -0.1) is 11.8 Å². The monoisotopic (exact) mass is 493 g/mol. The Labute approximate surface area is 206 Å². The molecular weight excluding hydrogens is 466 g/mol. The first-order chi connectivity index (χ1) is 16.8. The van der Waals surface area contributed by atoms with Gasteiger partial charge in [-0.25, -0.2) is 9.78 Å². The Hall–Kier alpha value is -3.04. The number of pyridine rings is 2. The molecule has 0 amide bonds. The molecule has 0 saturated heterocycles. The van der Waals surface area contributed by atoms with Crippen LogP contribution >= 0.6 is 11.8 Å². The molecule has 8 nitrogen and oxygen atoms in total. The molecule has 9 heteroatoms. The number of rotatable bonds is 4. The summed E-state index contributed by atoms with van der Waals surface area (Å²) in [6.07, 6.45) is 0.990. The van der Waals surface area contributed by atoms with Crippen LogP contribution in [0, 0.1) is 0 Å². The largest absolute Gasteiger partial charge is 0.494 e. The maximum absolute atomic E-state index is 13.5. The third kappa shape index (κ3) is 3.00. The summed E-state index contributed by atoms with van der Waals surface area (Å²) >= 11 is 1.80. The Kier molecular flexibility index (Phi) is 4.95. The zero-order chi connectivity index (χ0) is 24.6. The van der Waals surface area contributed by atoms with Gasteiger partial charge < -0.3 is 24.5 Å². The van der Waals surface area contributed by atoms with Crippen LogP contribution < -0.4 is 15.6 Å². The number of esters is 1. The molecule has 1 aromatic carbocycles. The number of benzene rings is 1. The van der Waals surface area contributed by atoms with Crippen LogP contribution in [0.5, 0.6) is 5.75 Å². The summed E-state index contributed by atoms with van der Waals surface area (Å²) in [5.74, 6) is 0.934. The van der Waals surface area contributed by atoms with Crippen LogP contribution in [0.4, 0.5) is 5.69 Å². The maximum atomic E-state index is 13.5. The summed E-state index contributed by atoms with van der Waals surface area (Å²) in [5.41, 5.74) is 3.99. The van der Waals surface area contributed by atoms with E-state index >= 15 is 0 Å². The summed E-state index contributed by atoms with van der Waals surface area (Å²) < 4.78 is 12.6. The van der Waals surface area contributed by atoms with Gasteiger partial charge in [-0.05, 0) is 38.3 Å². The number of anilines is 1. The second kappa shape index (κ2) is 7.73. The summed E-state index contributed by atoms with van der Waals surface area (Å²) in [4.78, 5) is 32.1. The Bertz CT molecular complexity index is 1500. The number of aryl methyl sites for hydroxylation is 1. The number of thioether (sulfide) groups is 1. The SMILES string of the molecule is CC[C@@]1(O)C(=O)OCc2c1cc1n(c2=O)Cc2c-1nc1cc(OC)c(NC(C)C)c3c1c2CCS3. The topological polar surface area (TPSA) is 103 Å². The van der Waals surface area contributed by atoms with Gasteiger partial charge in [-0.2, -0.15) is 0 Å². The van der Waals surface area contributed by atoms with E-state index in [1.54, 1.807) is 36.4 Å². The Morgan fingerprint density at radius 1 is 1.29 bits per heavy atom. The number of aliphatic hydroxyl groups is 1. The number of aromatic nitrogens is 2. The summed E-state index contributed by atoms with van der Waals surface area (Å²) in [6.45, 7) is 6.19. The van der Waals surface area contributed by atoms with Crippen molar-refractivity contribution in [1.29, 1.82) is 0 Å². The number of fused-ring (bicyclic) bond motifs is 5. The van der Waals surface area contributed by atoms with E-state index in [1.165, 1.54) is 5.56 Å². The van der Waals surface area contributed by atoms with Gasteiger partial charge in [0.15, 0.2) is 5.60 Å². The van der Waals surface area contributed by atoms with E-state index in [0.717, 1.165) is 50.7 Å². The molecule has 0 saturated carbocycles. The number of hydrogen-bond acceptors (Lipinski definition) is 8. The molecule has 6 rings (SSSR count). The summed E-state index contributed by atoms with van der Waals surface area (Å²) in [5, 5.41) is 15.8. The molecule has 3 aromatic rings. The van der Waals surface area contributed by atoms with Crippen molar-refractivity contribution in [1.82, 2.24) is 9.55 Å². The first kappa shape index (κ1) is 22.4. The van der Waals surface area contributed by atoms with Crippen LogP contribution in [-0.2, 0) is 34.7 Å². The number of carbonyl (C=O) groups is 1. The molecule has 0 aliphatic carbocycles. The smallest absolute Gasteiger partial charge is 0.343 e. The standard InChI is InChI=1S/C26H27N3O5S/c1-5-26(32)16-8-18-21-14(10-29(18)24(30)15(16)11-34-25(26)31)13-6-7-35-23-20(13)17(28-21)9-19(33-4)22(23)27-12(2)3/h8-9,12,27,32H,5-7,10-11H2,1-4H3/t26-/m0/s1. The fraction of sp³-hybridized carbons (Fsp3) is 0.423. The van der Waals surface area contributed by atoms with Crippen molar-refractivity contribution in [2.24, 2.45) is 0 Å². The van der Waals surface area contributed by atoms with Gasteiger partial charge in [0.05, 0.1) is 41.8 Å². The predicted molar refractivity (Wildman–Crippen MR) is 134 cm³/mol. The van der Waals surface area contributed by atoms with Gasteiger partial charge in [-0.1, -0.05) is 6.92 Å². The van der Waals surface area contributed by atoms with Gasteiger partial charge in [0.2, 0.25) is 0 Å². The van der Waals surface area contributed by atoms with E-state index in [9.17, 15) is 14.7 Å². The van der Waals surface area contributed by atoms with E-state index in [2.05, 4.69) is 19.2 Å². The zero-order valence-electron chi connectivity index (χ0n) is 20.2. The van der Waals surface area contributed by atoms with E-state index in [4.69, 9.17) is 14.5 Å². The molecule has 35 heavy (non-hydrogen) atoms. The third-order valence-corrected chi connectivity index (χ3v) is 8.37. The number of ether oxygens (including phenoxy) is 2. The van der Waals surface area contributed by atoms with Crippen LogP contribution in [0.1, 0.15) is 49.4 Å². The lowest BCUT2D eigenvalue weighted by Gasteiger charge is -2.31. The minimum atomic E-state index is -1.83. The lowest BCUT2D eigenvalue weighted by Crippen LogP contribution is -2.44. The van der Waals surface area contributed by atoms with Crippen LogP contribution in [0.2, 0.25) is 0 Å². The van der Waals surface area contributed by atoms with Crippen LogP contribution in [-0.4, -0.2) is 39.5 Å². The third-order valence-electron chi connectivity index (χ3n) is 7.26. The number of methoxy groups -OCH3 is 1. The minimum Gasteiger partial charge on any atom is -0.494 e. The van der Waals surface area contributed by atoms with Crippen molar-refractivity contribution in [3.8, 4) is 17.1 Å². The quantitative estimate of drug-likeness (QED) is 0.416. The molecule has 0 fully saturated rings. The molecule has 2 N–H and O–H groups in total. The number of nitrogens with zero attached hydrogens (tertiary/aromatic N) is 2. The lowest BCUT2D eigenvalue weighted by atomic mass is 9.86. The molecule has 5 heterocycles. The Morgan fingerprint density at radius 2 is 2.09 bits per heavy atom. The van der Waals surface area contributed by atoms with Crippen LogP contribution in [0.15, 0.2) is 21.8 Å². The normalized spacial score (nSPS) is 19.9. The molecule has 1 atom stereocenters. The van der Waals surface area contributed by atoms with Gasteiger partial charge >= 0.3 is 5.97 Å². The second-order valence-electron chi connectivity index (χ2n) is 9.60. The summed E-state index contributed by atoms with van der Waals surface area (Å²) in [7, 11) is 1.66. The first-order valence-electron chi connectivity index (χ1n) is 11.9. The van der Waals surface area contributed by atoms with Gasteiger partial charge in [0.1, 0.15) is 12.4 Å². The Balaban J connectivity index is 1.64. The second-order valence-corrected chi connectivity index (χ2v) is 10.7. The van der Waals surface area contributed by atoms with Crippen molar-refractivity contribution >= 4 is 34.3 Å². The van der Waals surface area contributed by atoms with Crippen molar-refractivity contribution in [2.45, 2.75) is 63.3 Å². The molecule has 2 aromatic heterocycles. The van der Waals surface area contributed by atoms with Crippen molar-refractivity contribution in [2.75, 3.05) is 18.2 Å². The van der Waals surface area contributed by atoms with Crippen LogP contribution in [0.3, 0.4) is 0 Å². The van der Waals surface area contributed by atoms with Crippen molar-refractivity contribution < 1.29 is 19.4 Å². The summed E-state index contributed by atoms with van der Waals surface area (Å²) in [6, 6.07) is 3.96. The predicted octanol–water partition coefficient (Wildman–Crippen LogP) is 3.56. The number of cyclic esters (lactones) is 1. The highest BCUT2D eigenvalue weighted by atomic mass is 32.2. The number of hydrogen-bond donors (Lipinski definition) is 2. The number of carbonyl (C=O) groups excluding carboxylic acids is 1. The number of nitrogens with one attached hydrogen (secondary N) is 1. The molecule has 182 valence electrons. The van der Waals surface area contributed by atoms with E-state index in [0.29, 0.717) is 23.4 Å². The highest BCUT2D eigenvalue weighted by molar-refractivity contribution is 7.99. The van der Waals surface area contributed by atoms with E-state index in [-0.39, 0.29) is 24.6 Å². The lowest BCUT2D eigenvalue weighted by molar-refractivity contribution is -0.172. The molecule has 3 aliphatic rings.